The SMILES string of the molecule is [C-]#[N+]c1ccc(COc2nc(C3=CCN(Cc4nc5ccc(C(=O)O)cc5n4C[C@@H]4CCO4)CC3)ncc2F)c(F)c1. The van der Waals surface area contributed by atoms with Gasteiger partial charge in [0.1, 0.15) is 18.2 Å². The normalized spacial score (nSPS) is 17.0. The molecule has 0 bridgehead atoms. The van der Waals surface area contributed by atoms with E-state index in [0.29, 0.717) is 38.4 Å². The molecule has 10 nitrogen and oxygen atoms in total. The highest BCUT2D eigenvalue weighted by Crippen LogP contribution is 2.27. The summed E-state index contributed by atoms with van der Waals surface area (Å²) in [4.78, 5) is 30.2. The molecule has 0 radical (unpaired) electrons. The number of carboxylic acid groups (broad SMARTS) is 1. The van der Waals surface area contributed by atoms with Crippen LogP contribution in [-0.2, 0) is 24.4 Å². The van der Waals surface area contributed by atoms with Crippen LogP contribution in [0.1, 0.15) is 40.4 Å². The largest absolute Gasteiger partial charge is 0.478 e. The summed E-state index contributed by atoms with van der Waals surface area (Å²) in [5.41, 5.74) is 2.90. The molecule has 1 N–H and O–H groups in total. The summed E-state index contributed by atoms with van der Waals surface area (Å²) in [5.74, 6) is -1.46. The summed E-state index contributed by atoms with van der Waals surface area (Å²) < 4.78 is 41.8. The summed E-state index contributed by atoms with van der Waals surface area (Å²) in [7, 11) is 0. The number of nitrogens with zero attached hydrogens (tertiary/aromatic N) is 6. The number of fused-ring (bicyclic) bond motifs is 1. The van der Waals surface area contributed by atoms with Crippen molar-refractivity contribution in [2.75, 3.05) is 19.7 Å². The van der Waals surface area contributed by atoms with E-state index in [1.165, 1.54) is 12.1 Å². The Morgan fingerprint density at radius 1 is 1.19 bits per heavy atom. The van der Waals surface area contributed by atoms with Crippen molar-refractivity contribution >= 4 is 28.3 Å². The number of halogens is 2. The molecule has 0 aliphatic carbocycles. The molecule has 1 fully saturated rings. The number of carbonyl (C=O) groups is 1. The first-order valence-corrected chi connectivity index (χ1v) is 13.4. The number of rotatable bonds is 9. The average molecular weight is 573 g/mol. The minimum absolute atomic E-state index is 0.0733. The predicted molar refractivity (Wildman–Crippen MR) is 148 cm³/mol. The van der Waals surface area contributed by atoms with Crippen LogP contribution >= 0.6 is 0 Å². The fraction of sp³-hybridized carbons (Fsp3) is 0.300. The number of aromatic nitrogens is 4. The lowest BCUT2D eigenvalue weighted by Crippen LogP contribution is -2.33. The molecule has 1 atom stereocenters. The minimum atomic E-state index is -0.987. The van der Waals surface area contributed by atoms with Crippen LogP contribution in [0.4, 0.5) is 14.5 Å². The topological polar surface area (TPSA) is 107 Å². The monoisotopic (exact) mass is 572 g/mol. The van der Waals surface area contributed by atoms with E-state index in [1.54, 1.807) is 18.2 Å². The van der Waals surface area contributed by atoms with Crippen LogP contribution in [0.15, 0.2) is 48.7 Å². The maximum absolute atomic E-state index is 14.4. The zero-order valence-electron chi connectivity index (χ0n) is 22.5. The molecule has 2 aromatic carbocycles. The third-order valence-corrected chi connectivity index (χ3v) is 7.44. The van der Waals surface area contributed by atoms with Gasteiger partial charge >= 0.3 is 5.97 Å². The Balaban J connectivity index is 1.16. The van der Waals surface area contributed by atoms with Gasteiger partial charge in [-0.1, -0.05) is 18.2 Å². The number of hydrogen-bond donors (Lipinski definition) is 1. The third kappa shape index (κ3) is 5.70. The predicted octanol–water partition coefficient (Wildman–Crippen LogP) is 5.01. The van der Waals surface area contributed by atoms with Crippen molar-refractivity contribution in [3.63, 3.8) is 0 Å². The first-order chi connectivity index (χ1) is 20.4. The van der Waals surface area contributed by atoms with Crippen LogP contribution in [0, 0.1) is 18.2 Å². The molecular formula is C30H26F2N6O4. The molecule has 42 heavy (non-hydrogen) atoms. The Kier molecular flexibility index (Phi) is 7.60. The number of hydrogen-bond acceptors (Lipinski definition) is 7. The van der Waals surface area contributed by atoms with Gasteiger partial charge in [0.2, 0.25) is 5.82 Å². The Morgan fingerprint density at radius 3 is 2.74 bits per heavy atom. The second kappa shape index (κ2) is 11.6. The molecule has 0 unspecified atom stereocenters. The number of ether oxygens (including phenoxy) is 2. The van der Waals surface area contributed by atoms with E-state index in [4.69, 9.17) is 21.0 Å². The van der Waals surface area contributed by atoms with Gasteiger partial charge in [0, 0.05) is 25.3 Å². The highest BCUT2D eigenvalue weighted by molar-refractivity contribution is 5.92. The van der Waals surface area contributed by atoms with Crippen molar-refractivity contribution in [1.29, 1.82) is 0 Å². The third-order valence-electron chi connectivity index (χ3n) is 7.44. The smallest absolute Gasteiger partial charge is 0.335 e. The maximum Gasteiger partial charge on any atom is 0.335 e. The Morgan fingerprint density at radius 2 is 2.05 bits per heavy atom. The first kappa shape index (κ1) is 27.4. The molecule has 6 rings (SSSR count). The molecule has 2 aliphatic rings. The Bertz CT molecular complexity index is 1740. The van der Waals surface area contributed by atoms with Crippen molar-refractivity contribution < 1.29 is 28.2 Å². The quantitative estimate of drug-likeness (QED) is 0.279. The Hall–Kier alpha value is -4.73. The van der Waals surface area contributed by atoms with Gasteiger partial charge in [0.05, 0.1) is 48.6 Å². The molecule has 214 valence electrons. The number of benzene rings is 2. The summed E-state index contributed by atoms with van der Waals surface area (Å²) in [5, 5.41) is 9.47. The second-order valence-corrected chi connectivity index (χ2v) is 10.2. The zero-order valence-corrected chi connectivity index (χ0v) is 22.5. The number of imidazole rings is 1. The molecule has 4 aromatic rings. The molecular weight excluding hydrogens is 546 g/mol. The average Bonchev–Trinajstić information content (AvgIpc) is 3.31. The van der Waals surface area contributed by atoms with E-state index in [-0.39, 0.29) is 35.4 Å². The molecule has 0 saturated carbocycles. The minimum Gasteiger partial charge on any atom is -0.478 e. The fourth-order valence-electron chi connectivity index (χ4n) is 5.00. The lowest BCUT2D eigenvalue weighted by atomic mass is 10.1. The van der Waals surface area contributed by atoms with E-state index in [0.717, 1.165) is 47.7 Å². The lowest BCUT2D eigenvalue weighted by Gasteiger charge is -2.29. The zero-order chi connectivity index (χ0) is 29.2. The lowest BCUT2D eigenvalue weighted by molar-refractivity contribution is -0.0591. The summed E-state index contributed by atoms with van der Waals surface area (Å²) in [6.45, 7) is 9.85. The van der Waals surface area contributed by atoms with Crippen LogP contribution in [0.2, 0.25) is 0 Å². The van der Waals surface area contributed by atoms with Gasteiger partial charge in [0.25, 0.3) is 5.88 Å². The molecule has 2 aromatic heterocycles. The van der Waals surface area contributed by atoms with Gasteiger partial charge in [0.15, 0.2) is 11.5 Å². The van der Waals surface area contributed by atoms with Crippen molar-refractivity contribution in [3.8, 4) is 5.88 Å². The van der Waals surface area contributed by atoms with Gasteiger partial charge in [-0.3, -0.25) is 4.90 Å². The fourth-order valence-corrected chi connectivity index (χ4v) is 5.00. The van der Waals surface area contributed by atoms with E-state index in [1.807, 2.05) is 6.08 Å². The highest BCUT2D eigenvalue weighted by atomic mass is 19.1. The van der Waals surface area contributed by atoms with Crippen molar-refractivity contribution in [2.24, 2.45) is 0 Å². The van der Waals surface area contributed by atoms with Gasteiger partial charge in [-0.2, -0.15) is 9.37 Å². The van der Waals surface area contributed by atoms with Gasteiger partial charge < -0.3 is 19.1 Å². The van der Waals surface area contributed by atoms with Crippen LogP contribution < -0.4 is 4.74 Å². The van der Waals surface area contributed by atoms with Crippen LogP contribution in [0.3, 0.4) is 0 Å². The summed E-state index contributed by atoms with van der Waals surface area (Å²) in [6.07, 6.45) is 4.64. The summed E-state index contributed by atoms with van der Waals surface area (Å²) in [6, 6.07) is 8.96. The van der Waals surface area contributed by atoms with Gasteiger partial charge in [-0.15, -0.1) is 0 Å². The molecule has 12 heteroatoms. The van der Waals surface area contributed by atoms with Gasteiger partial charge in [-0.25, -0.2) is 24.0 Å². The molecule has 0 amide bonds. The second-order valence-electron chi connectivity index (χ2n) is 10.2. The molecule has 4 heterocycles. The number of carboxylic acids is 1. The van der Waals surface area contributed by atoms with Crippen molar-refractivity contribution in [3.05, 3.63) is 94.5 Å². The van der Waals surface area contributed by atoms with Crippen molar-refractivity contribution in [2.45, 2.75) is 38.6 Å². The molecule has 0 spiro atoms. The van der Waals surface area contributed by atoms with Crippen LogP contribution in [-0.4, -0.2) is 61.3 Å². The van der Waals surface area contributed by atoms with E-state index in [2.05, 4.69) is 24.3 Å². The van der Waals surface area contributed by atoms with E-state index >= 15 is 0 Å². The number of aromatic carboxylic acids is 1. The Labute approximate surface area is 239 Å². The highest BCUT2D eigenvalue weighted by Gasteiger charge is 2.24. The molecule has 1 saturated heterocycles. The van der Waals surface area contributed by atoms with Crippen molar-refractivity contribution in [1.82, 2.24) is 24.4 Å². The molecule has 2 aliphatic heterocycles. The maximum atomic E-state index is 14.4. The van der Waals surface area contributed by atoms with Crippen LogP contribution in [0.25, 0.3) is 21.5 Å². The summed E-state index contributed by atoms with van der Waals surface area (Å²) >= 11 is 0. The first-order valence-electron chi connectivity index (χ1n) is 13.4. The van der Waals surface area contributed by atoms with Crippen LogP contribution in [0.5, 0.6) is 5.88 Å². The standard InChI is InChI=1S/C30H26F2N6O4/c1-33-21-4-2-20(23(31)13-21)17-42-29-24(32)14-34-28(36-29)18-6-9-37(10-7-18)16-27-35-25-5-3-19(30(39)40)12-26(25)38(27)15-22-8-11-41-22/h2-6,12-14,22H,7-11,15-17H2,(H,39,40)/t22-/m0/s1. The van der Waals surface area contributed by atoms with E-state index in [9.17, 15) is 18.7 Å². The van der Waals surface area contributed by atoms with Gasteiger partial charge in [-0.05, 0) is 42.7 Å². The van der Waals surface area contributed by atoms with E-state index < -0.39 is 17.6 Å².